The molecule has 0 aliphatic carbocycles. The summed E-state index contributed by atoms with van der Waals surface area (Å²) in [6, 6.07) is 11.8. The minimum Gasteiger partial charge on any atom is -0.497 e. The number of aryl methyl sites for hydroxylation is 1. The van der Waals surface area contributed by atoms with Crippen molar-refractivity contribution < 1.29 is 37.5 Å². The highest BCUT2D eigenvalue weighted by Gasteiger charge is 2.39. The van der Waals surface area contributed by atoms with E-state index >= 15 is 8.78 Å². The number of fused-ring (bicyclic) bond motifs is 1. The van der Waals surface area contributed by atoms with Crippen LogP contribution in [-0.2, 0) is 20.8 Å². The molecule has 61 heavy (non-hydrogen) atoms. The van der Waals surface area contributed by atoms with Crippen molar-refractivity contribution in [2.75, 3.05) is 87.6 Å². The van der Waals surface area contributed by atoms with Crippen LogP contribution in [0.25, 0.3) is 6.08 Å². The van der Waals surface area contributed by atoms with E-state index in [1.165, 1.54) is 19.0 Å². The summed E-state index contributed by atoms with van der Waals surface area (Å²) in [6.45, 7) is 5.13. The van der Waals surface area contributed by atoms with Crippen LogP contribution < -0.4 is 29.7 Å². The van der Waals surface area contributed by atoms with Crippen LogP contribution in [0.3, 0.4) is 0 Å². The molecule has 12 nitrogen and oxygen atoms in total. The monoisotopic (exact) mass is 840 g/mol. The fourth-order valence-corrected chi connectivity index (χ4v) is 9.27. The molecule has 2 amide bonds. The van der Waals surface area contributed by atoms with Crippen LogP contribution in [0, 0.1) is 5.41 Å². The molecule has 6 rings (SSSR count). The van der Waals surface area contributed by atoms with Crippen molar-refractivity contribution >= 4 is 65.2 Å². The number of likely N-dealkylation sites (N-methyl/N-ethyl adjacent to an activating group) is 2. The number of nitrogens with zero attached hydrogens (tertiary/aromatic N) is 5. The van der Waals surface area contributed by atoms with Gasteiger partial charge in [-0.25, -0.2) is 8.78 Å². The van der Waals surface area contributed by atoms with Gasteiger partial charge in [-0.15, -0.1) is 0 Å². The maximum atomic E-state index is 15.1. The number of anilines is 5. The third-order valence-corrected chi connectivity index (χ3v) is 12.9. The minimum absolute atomic E-state index is 0.00784. The number of piperidine rings is 2. The first-order valence-electron chi connectivity index (χ1n) is 21.1. The van der Waals surface area contributed by atoms with E-state index < -0.39 is 24.3 Å². The number of rotatable bonds is 15. The Labute approximate surface area is 357 Å². The summed E-state index contributed by atoms with van der Waals surface area (Å²) in [6.07, 6.45) is 6.65. The molecule has 1 spiro atoms. The van der Waals surface area contributed by atoms with Crippen molar-refractivity contribution in [2.24, 2.45) is 5.41 Å². The Kier molecular flexibility index (Phi) is 14.1. The zero-order valence-electron chi connectivity index (χ0n) is 36.1. The lowest BCUT2D eigenvalue weighted by Gasteiger charge is -2.48. The van der Waals surface area contributed by atoms with E-state index in [0.717, 1.165) is 91.8 Å². The van der Waals surface area contributed by atoms with Crippen molar-refractivity contribution in [1.29, 1.82) is 0 Å². The number of benzene rings is 3. The first kappa shape index (κ1) is 44.8. The van der Waals surface area contributed by atoms with Crippen molar-refractivity contribution in [3.63, 3.8) is 0 Å². The molecule has 3 aliphatic rings. The molecule has 3 aliphatic heterocycles. The van der Waals surface area contributed by atoms with Gasteiger partial charge in [-0.3, -0.25) is 19.2 Å². The molecule has 3 aromatic carbocycles. The lowest BCUT2D eigenvalue weighted by Crippen LogP contribution is -2.47. The molecule has 0 bridgehead atoms. The number of halogens is 2. The Morgan fingerprint density at radius 3 is 2.18 bits per heavy atom. The first-order valence-corrected chi connectivity index (χ1v) is 21.1. The lowest BCUT2D eigenvalue weighted by atomic mass is 9.71. The topological polar surface area (TPSA) is 123 Å². The number of methoxy groups -OCH3 is 1. The van der Waals surface area contributed by atoms with Gasteiger partial charge in [0.2, 0.25) is 5.91 Å². The second kappa shape index (κ2) is 19.3. The summed E-state index contributed by atoms with van der Waals surface area (Å²) >= 11 is 0. The van der Waals surface area contributed by atoms with E-state index in [0.29, 0.717) is 49.2 Å². The number of alkyl halides is 2. The van der Waals surface area contributed by atoms with E-state index in [4.69, 9.17) is 4.74 Å². The van der Waals surface area contributed by atoms with E-state index in [1.54, 1.807) is 32.2 Å². The van der Waals surface area contributed by atoms with Crippen LogP contribution in [0.5, 0.6) is 5.75 Å². The molecule has 1 unspecified atom stereocenters. The van der Waals surface area contributed by atoms with E-state index in [-0.39, 0.29) is 34.9 Å². The Bertz CT molecular complexity index is 2160. The minimum atomic E-state index is -2.68. The number of nitrogens with one attached hydrogen (secondary N) is 1. The van der Waals surface area contributed by atoms with Gasteiger partial charge in [-0.05, 0) is 105 Å². The number of hydrogen-bond donors (Lipinski definition) is 1. The molecule has 1 N–H and O–H groups in total. The van der Waals surface area contributed by atoms with Crippen LogP contribution in [0.4, 0.5) is 37.2 Å². The summed E-state index contributed by atoms with van der Waals surface area (Å²) in [5, 5.41) is 2.56. The molecule has 1 atom stereocenters. The number of amides is 2. The highest BCUT2D eigenvalue weighted by atomic mass is 19.3. The summed E-state index contributed by atoms with van der Waals surface area (Å²) in [5.41, 5.74) is 6.60. The normalized spacial score (nSPS) is 16.8. The van der Waals surface area contributed by atoms with Gasteiger partial charge in [0.25, 0.3) is 12.3 Å². The number of carbonyl (C=O) groups is 5. The molecule has 326 valence electrons. The van der Waals surface area contributed by atoms with Crippen LogP contribution in [0.15, 0.2) is 48.0 Å². The molecular formula is C47H58F2N6O6. The molecular weight excluding hydrogens is 783 g/mol. The van der Waals surface area contributed by atoms with Crippen molar-refractivity contribution in [3.8, 4) is 5.75 Å². The van der Waals surface area contributed by atoms with Crippen molar-refractivity contribution in [3.05, 3.63) is 75.9 Å². The summed E-state index contributed by atoms with van der Waals surface area (Å²) < 4.78 is 35.9. The van der Waals surface area contributed by atoms with E-state index in [2.05, 4.69) is 20.0 Å². The number of carbonyl (C=O) groups excluding carboxylic acids is 5. The summed E-state index contributed by atoms with van der Waals surface area (Å²) in [5.74, 6) is -0.243. The van der Waals surface area contributed by atoms with Gasteiger partial charge in [0, 0.05) is 119 Å². The third kappa shape index (κ3) is 9.43. The second-order valence-electron chi connectivity index (χ2n) is 16.7. The van der Waals surface area contributed by atoms with Crippen LogP contribution in [-0.4, -0.2) is 110 Å². The van der Waals surface area contributed by atoms with Crippen LogP contribution in [0.1, 0.15) is 95.7 Å². The standard InChI is InChI=1S/C47H58F2N6O6/c1-31(29-57)23-37-41(51(3)4)26-35(61-6)27-43(37)55-17-7-9-32-24-42(38(44(48)49)28-40(32)55)54-20-15-47(16-21-54)13-18-53(19-14-47)34-12-11-33(30-58)36(25-34)46(60)52(5)39(10-8-22-56)45(59)50-2/h11-12,22-30,39,44H,7-10,13-21H2,1-6H3,(H,50,59)/b31-23-. The molecule has 3 heterocycles. The Hall–Kier alpha value is -5.79. The quantitative estimate of drug-likeness (QED) is 0.124. The van der Waals surface area contributed by atoms with Crippen molar-refractivity contribution in [1.82, 2.24) is 10.2 Å². The fourth-order valence-electron chi connectivity index (χ4n) is 9.27. The summed E-state index contributed by atoms with van der Waals surface area (Å²) in [7, 11) is 8.42. The smallest absolute Gasteiger partial charge is 0.265 e. The Morgan fingerprint density at radius 2 is 1.59 bits per heavy atom. The third-order valence-electron chi connectivity index (χ3n) is 12.9. The molecule has 2 fully saturated rings. The first-order chi connectivity index (χ1) is 29.3. The Balaban J connectivity index is 1.20. The highest BCUT2D eigenvalue weighted by molar-refractivity contribution is 6.04. The molecule has 3 aromatic rings. The molecule has 0 aromatic heterocycles. The molecule has 2 saturated heterocycles. The predicted octanol–water partition coefficient (Wildman–Crippen LogP) is 7.25. The fraction of sp³-hybridized carbons (Fsp3) is 0.468. The largest absolute Gasteiger partial charge is 0.497 e. The zero-order chi connectivity index (χ0) is 44.0. The average molecular weight is 841 g/mol. The van der Waals surface area contributed by atoms with Gasteiger partial charge >= 0.3 is 0 Å². The van der Waals surface area contributed by atoms with E-state index in [1.807, 2.05) is 49.3 Å². The van der Waals surface area contributed by atoms with Gasteiger partial charge in [-0.1, -0.05) is 0 Å². The Morgan fingerprint density at radius 1 is 0.902 bits per heavy atom. The maximum Gasteiger partial charge on any atom is 0.265 e. The van der Waals surface area contributed by atoms with Gasteiger partial charge in [0.15, 0.2) is 6.29 Å². The second-order valence-corrected chi connectivity index (χ2v) is 16.7. The number of ether oxygens (including phenoxy) is 1. The van der Waals surface area contributed by atoms with Gasteiger partial charge in [0.05, 0.1) is 18.4 Å². The molecule has 14 heteroatoms. The number of allylic oxidation sites excluding steroid dienone is 1. The van der Waals surface area contributed by atoms with Crippen molar-refractivity contribution in [2.45, 2.75) is 70.8 Å². The predicted molar refractivity (Wildman–Crippen MR) is 236 cm³/mol. The number of aldehydes is 3. The zero-order valence-corrected chi connectivity index (χ0v) is 36.1. The van der Waals surface area contributed by atoms with Gasteiger partial charge in [-0.2, -0.15) is 0 Å². The highest BCUT2D eigenvalue weighted by Crippen LogP contribution is 2.48. The number of hydrogen-bond acceptors (Lipinski definition) is 10. The maximum absolute atomic E-state index is 15.1. The molecule has 0 radical (unpaired) electrons. The van der Waals surface area contributed by atoms with Gasteiger partial charge < -0.3 is 39.3 Å². The SMILES string of the molecule is CNC(=O)C(CCC=O)N(C)C(=O)c1cc(N2CCC3(CC2)CCN(c2cc4c(cc2C(F)F)N(c2cc(OC)cc(N(C)C)c2/C=C(/C)C=O)CCC4)CC3)ccc1C=O. The summed E-state index contributed by atoms with van der Waals surface area (Å²) in [4.78, 5) is 70.9. The molecule has 0 saturated carbocycles. The van der Waals surface area contributed by atoms with E-state index in [9.17, 15) is 24.0 Å². The lowest BCUT2D eigenvalue weighted by molar-refractivity contribution is -0.125. The average Bonchev–Trinajstić information content (AvgIpc) is 3.28. The van der Waals surface area contributed by atoms with Crippen LogP contribution >= 0.6 is 0 Å². The van der Waals surface area contributed by atoms with Gasteiger partial charge in [0.1, 0.15) is 24.4 Å². The van der Waals surface area contributed by atoms with Crippen LogP contribution in [0.2, 0.25) is 0 Å².